The van der Waals surface area contributed by atoms with Gasteiger partial charge in [-0.2, -0.15) is 0 Å². The second-order valence-corrected chi connectivity index (χ2v) is 10.8. The lowest BCUT2D eigenvalue weighted by Crippen LogP contribution is -2.40. The van der Waals surface area contributed by atoms with Crippen LogP contribution in [0.5, 0.6) is 0 Å². The number of benzene rings is 1. The van der Waals surface area contributed by atoms with Crippen molar-refractivity contribution in [1.82, 2.24) is 14.9 Å². The first kappa shape index (κ1) is 21.2. The SMILES string of the molecule is C[C@H](c1ccccc1)N1CCC(Nc2ncc(S(=O)(=O)c3nccs3)cc2Cl)CC1. The molecule has 4 rings (SSSR count). The molecular weight excluding hydrogens is 440 g/mol. The molecule has 3 aromatic rings. The number of anilines is 1. The third-order valence-electron chi connectivity index (χ3n) is 5.47. The summed E-state index contributed by atoms with van der Waals surface area (Å²) in [6.07, 6.45) is 4.74. The lowest BCUT2D eigenvalue weighted by atomic mass is 10.00. The number of hydrogen-bond donors (Lipinski definition) is 1. The predicted octanol–water partition coefficient (Wildman–Crippen LogP) is 4.66. The molecule has 3 heterocycles. The fourth-order valence-electron chi connectivity index (χ4n) is 3.68. The zero-order valence-corrected chi connectivity index (χ0v) is 18.9. The first-order valence-electron chi connectivity index (χ1n) is 9.81. The number of halogens is 1. The van der Waals surface area contributed by atoms with E-state index in [2.05, 4.69) is 51.4 Å². The van der Waals surface area contributed by atoms with Crippen LogP contribution in [0.4, 0.5) is 5.82 Å². The molecule has 1 fully saturated rings. The highest BCUT2D eigenvalue weighted by Crippen LogP contribution is 2.30. The van der Waals surface area contributed by atoms with E-state index in [0.717, 1.165) is 37.3 Å². The third-order valence-corrected chi connectivity index (χ3v) is 8.67. The average molecular weight is 463 g/mol. The third kappa shape index (κ3) is 4.51. The summed E-state index contributed by atoms with van der Waals surface area (Å²) in [5.74, 6) is 0.518. The Bertz CT molecular complexity index is 1080. The minimum atomic E-state index is -3.69. The lowest BCUT2D eigenvalue weighted by molar-refractivity contribution is 0.167. The number of aromatic nitrogens is 2. The van der Waals surface area contributed by atoms with Crippen molar-refractivity contribution < 1.29 is 8.42 Å². The number of sulfone groups is 1. The van der Waals surface area contributed by atoms with E-state index in [9.17, 15) is 8.42 Å². The maximum atomic E-state index is 12.6. The van der Waals surface area contributed by atoms with E-state index in [4.69, 9.17) is 11.6 Å². The topological polar surface area (TPSA) is 75.2 Å². The summed E-state index contributed by atoms with van der Waals surface area (Å²) in [6, 6.07) is 12.6. The van der Waals surface area contributed by atoms with Gasteiger partial charge in [0, 0.05) is 42.9 Å². The first-order valence-corrected chi connectivity index (χ1v) is 12.5. The number of rotatable bonds is 6. The van der Waals surface area contributed by atoms with Crippen molar-refractivity contribution in [1.29, 1.82) is 0 Å². The summed E-state index contributed by atoms with van der Waals surface area (Å²) in [6.45, 7) is 4.19. The van der Waals surface area contributed by atoms with Gasteiger partial charge < -0.3 is 5.32 Å². The Hall–Kier alpha value is -2.00. The van der Waals surface area contributed by atoms with Crippen molar-refractivity contribution in [3.05, 3.63) is 64.8 Å². The predicted molar refractivity (Wildman–Crippen MR) is 120 cm³/mol. The molecule has 0 unspecified atom stereocenters. The number of piperidine rings is 1. The average Bonchev–Trinajstić information content (AvgIpc) is 3.32. The molecule has 0 bridgehead atoms. The highest BCUT2D eigenvalue weighted by molar-refractivity contribution is 7.93. The van der Waals surface area contributed by atoms with Crippen LogP contribution in [0, 0.1) is 0 Å². The van der Waals surface area contributed by atoms with E-state index >= 15 is 0 Å². The summed E-state index contributed by atoms with van der Waals surface area (Å²) in [4.78, 5) is 10.7. The van der Waals surface area contributed by atoms with Gasteiger partial charge in [0.15, 0.2) is 0 Å². The van der Waals surface area contributed by atoms with E-state index in [-0.39, 0.29) is 15.3 Å². The highest BCUT2D eigenvalue weighted by atomic mass is 35.5. The van der Waals surface area contributed by atoms with Crippen molar-refractivity contribution >= 4 is 38.6 Å². The number of nitrogens with zero attached hydrogens (tertiary/aromatic N) is 3. The van der Waals surface area contributed by atoms with Crippen LogP contribution in [0.25, 0.3) is 0 Å². The summed E-state index contributed by atoms with van der Waals surface area (Å²) in [5.41, 5.74) is 1.32. The van der Waals surface area contributed by atoms with E-state index in [1.54, 1.807) is 5.38 Å². The molecule has 0 aliphatic carbocycles. The molecule has 2 aromatic heterocycles. The number of hydrogen-bond acceptors (Lipinski definition) is 7. The number of pyridine rings is 1. The summed E-state index contributed by atoms with van der Waals surface area (Å²) in [7, 11) is -3.69. The molecule has 0 amide bonds. The van der Waals surface area contributed by atoms with Gasteiger partial charge in [0.1, 0.15) is 5.82 Å². The lowest BCUT2D eigenvalue weighted by Gasteiger charge is -2.36. The zero-order chi connectivity index (χ0) is 21.1. The van der Waals surface area contributed by atoms with Gasteiger partial charge in [-0.3, -0.25) is 4.90 Å². The van der Waals surface area contributed by atoms with Crippen molar-refractivity contribution in [3.8, 4) is 0 Å². The largest absolute Gasteiger partial charge is 0.366 e. The molecular formula is C21H23ClN4O2S2. The molecule has 9 heteroatoms. The number of thiazole rings is 1. The Morgan fingerprint density at radius 1 is 1.20 bits per heavy atom. The van der Waals surface area contributed by atoms with Crippen molar-refractivity contribution in [2.75, 3.05) is 18.4 Å². The van der Waals surface area contributed by atoms with Crippen LogP contribution in [0.1, 0.15) is 31.4 Å². The van der Waals surface area contributed by atoms with Crippen LogP contribution in [0.2, 0.25) is 5.02 Å². The Morgan fingerprint density at radius 2 is 1.93 bits per heavy atom. The molecule has 0 spiro atoms. The fraction of sp³-hybridized carbons (Fsp3) is 0.333. The molecule has 30 heavy (non-hydrogen) atoms. The second-order valence-electron chi connectivity index (χ2n) is 7.34. The van der Waals surface area contributed by atoms with Crippen molar-refractivity contribution in [3.63, 3.8) is 0 Å². The summed E-state index contributed by atoms with van der Waals surface area (Å²) < 4.78 is 25.2. The fourth-order valence-corrected chi connectivity index (χ4v) is 6.16. The normalized spacial score (nSPS) is 17.0. The maximum Gasteiger partial charge on any atom is 0.235 e. The molecule has 0 saturated carbocycles. The quantitative estimate of drug-likeness (QED) is 0.574. The summed E-state index contributed by atoms with van der Waals surface area (Å²) in [5, 5.41) is 5.31. The highest BCUT2D eigenvalue weighted by Gasteiger charge is 2.25. The number of likely N-dealkylation sites (tertiary alicyclic amines) is 1. The minimum Gasteiger partial charge on any atom is -0.366 e. The van der Waals surface area contributed by atoms with Crippen LogP contribution in [-0.4, -0.2) is 42.4 Å². The van der Waals surface area contributed by atoms with Gasteiger partial charge in [0.05, 0.1) is 9.92 Å². The number of nitrogens with one attached hydrogen (secondary N) is 1. The Balaban J connectivity index is 1.39. The standard InChI is InChI=1S/C21H23ClN4O2S2/c1-15(16-5-3-2-4-6-16)26-10-7-17(8-11-26)25-20-19(22)13-18(14-24-20)30(27,28)21-23-9-12-29-21/h2-6,9,12-15,17H,7-8,10-11H2,1H3,(H,24,25)/t15-/m1/s1. The molecule has 6 nitrogen and oxygen atoms in total. The molecule has 1 saturated heterocycles. The van der Waals surface area contributed by atoms with Gasteiger partial charge >= 0.3 is 0 Å². The van der Waals surface area contributed by atoms with Gasteiger partial charge in [-0.25, -0.2) is 18.4 Å². The minimum absolute atomic E-state index is 0.0426. The van der Waals surface area contributed by atoms with Crippen LogP contribution >= 0.6 is 22.9 Å². The van der Waals surface area contributed by atoms with E-state index < -0.39 is 9.84 Å². The van der Waals surface area contributed by atoms with Crippen LogP contribution in [0.3, 0.4) is 0 Å². The van der Waals surface area contributed by atoms with Crippen molar-refractivity contribution in [2.45, 2.75) is 41.1 Å². The summed E-state index contributed by atoms with van der Waals surface area (Å²) >= 11 is 7.43. The van der Waals surface area contributed by atoms with Crippen LogP contribution in [-0.2, 0) is 9.84 Å². The van der Waals surface area contributed by atoms with Crippen molar-refractivity contribution in [2.24, 2.45) is 0 Å². The van der Waals surface area contributed by atoms with Gasteiger partial charge in [0.25, 0.3) is 0 Å². The second kappa shape index (κ2) is 9.01. The van der Waals surface area contributed by atoms with E-state index in [1.807, 2.05) is 6.07 Å². The van der Waals surface area contributed by atoms with Gasteiger partial charge in [-0.15, -0.1) is 11.3 Å². The molecule has 1 aliphatic rings. The van der Waals surface area contributed by atoms with Crippen LogP contribution in [0.15, 0.2) is 63.4 Å². The zero-order valence-electron chi connectivity index (χ0n) is 16.5. The molecule has 158 valence electrons. The Labute approximate surface area is 185 Å². The molecule has 1 aliphatic heterocycles. The smallest absolute Gasteiger partial charge is 0.235 e. The van der Waals surface area contributed by atoms with E-state index in [1.165, 1.54) is 24.0 Å². The monoisotopic (exact) mass is 462 g/mol. The molecule has 1 aromatic carbocycles. The Kier molecular flexibility index (Phi) is 6.38. The maximum absolute atomic E-state index is 12.6. The molecule has 1 N–H and O–H groups in total. The molecule has 1 atom stereocenters. The molecule has 0 radical (unpaired) electrons. The van der Waals surface area contributed by atoms with Crippen LogP contribution < -0.4 is 5.32 Å². The first-order chi connectivity index (χ1) is 14.4. The van der Waals surface area contributed by atoms with Gasteiger partial charge in [-0.1, -0.05) is 41.9 Å². The van der Waals surface area contributed by atoms with E-state index in [0.29, 0.717) is 16.9 Å². The van der Waals surface area contributed by atoms with Gasteiger partial charge in [-0.05, 0) is 31.4 Å². The van der Waals surface area contributed by atoms with Gasteiger partial charge in [0.2, 0.25) is 14.2 Å². The Morgan fingerprint density at radius 3 is 2.57 bits per heavy atom.